The number of imidazole rings is 1. The molecule has 0 radical (unpaired) electrons. The predicted molar refractivity (Wildman–Crippen MR) is 82.1 cm³/mol. The van der Waals surface area contributed by atoms with Crippen LogP contribution in [-0.2, 0) is 19.3 Å². The minimum absolute atomic E-state index is 0.473. The zero-order chi connectivity index (χ0) is 14.3. The Morgan fingerprint density at radius 2 is 2.05 bits per heavy atom. The van der Waals surface area contributed by atoms with Gasteiger partial charge in [-0.15, -0.1) is 11.6 Å². The van der Waals surface area contributed by atoms with Crippen LogP contribution in [0.1, 0.15) is 57.1 Å². The molecule has 1 aliphatic rings. The van der Waals surface area contributed by atoms with E-state index in [1.807, 2.05) is 11.7 Å². The molecule has 2 atom stereocenters. The number of aryl methyl sites for hydroxylation is 2. The molecule has 0 aromatic carbocycles. The van der Waals surface area contributed by atoms with Crippen molar-refractivity contribution in [1.29, 1.82) is 0 Å². The van der Waals surface area contributed by atoms with Gasteiger partial charge in [0.2, 0.25) is 0 Å². The summed E-state index contributed by atoms with van der Waals surface area (Å²) in [5.74, 6) is 2.16. The van der Waals surface area contributed by atoms with Gasteiger partial charge in [-0.25, -0.2) is 4.98 Å². The van der Waals surface area contributed by atoms with Gasteiger partial charge < -0.3 is 4.57 Å². The molecule has 4 nitrogen and oxygen atoms in total. The average Bonchev–Trinajstić information content (AvgIpc) is 2.97. The molecular formula is C15H23ClN4. The minimum atomic E-state index is 0.473. The van der Waals surface area contributed by atoms with Gasteiger partial charge in [-0.3, -0.25) is 4.68 Å². The smallest absolute Gasteiger partial charge is 0.158 e. The number of alkyl halides is 1. The molecule has 2 unspecified atom stereocenters. The highest BCUT2D eigenvalue weighted by Gasteiger charge is 2.28. The normalized spacial score (nSPS) is 23.6. The predicted octanol–water partition coefficient (Wildman–Crippen LogP) is 3.82. The molecule has 3 rings (SSSR count). The zero-order valence-electron chi connectivity index (χ0n) is 12.6. The largest absolute Gasteiger partial charge is 0.309 e. The number of fused-ring (bicyclic) bond motifs is 1. The Labute approximate surface area is 125 Å². The third-order valence-electron chi connectivity index (χ3n) is 4.66. The minimum Gasteiger partial charge on any atom is -0.309 e. The quantitative estimate of drug-likeness (QED) is 0.807. The number of halogens is 1. The summed E-state index contributed by atoms with van der Waals surface area (Å²) in [4.78, 5) is 4.78. The van der Waals surface area contributed by atoms with Gasteiger partial charge >= 0.3 is 0 Å². The summed E-state index contributed by atoms with van der Waals surface area (Å²) in [5.41, 5.74) is 3.27. The fourth-order valence-corrected chi connectivity index (χ4v) is 3.80. The zero-order valence-corrected chi connectivity index (χ0v) is 13.3. The summed E-state index contributed by atoms with van der Waals surface area (Å²) in [5, 5.41) is 4.61. The van der Waals surface area contributed by atoms with Gasteiger partial charge in [0.1, 0.15) is 11.3 Å². The Morgan fingerprint density at radius 3 is 2.70 bits per heavy atom. The van der Waals surface area contributed by atoms with Gasteiger partial charge in [-0.05, 0) is 25.2 Å². The van der Waals surface area contributed by atoms with Crippen molar-refractivity contribution >= 4 is 22.8 Å². The topological polar surface area (TPSA) is 35.6 Å². The molecule has 1 fully saturated rings. The third-order valence-corrected chi connectivity index (χ3v) is 4.90. The van der Waals surface area contributed by atoms with Crippen molar-refractivity contribution in [2.45, 2.75) is 57.9 Å². The maximum Gasteiger partial charge on any atom is 0.158 e. The van der Waals surface area contributed by atoms with Crippen LogP contribution in [0, 0.1) is 5.92 Å². The molecule has 0 spiro atoms. The second-order valence-corrected chi connectivity index (χ2v) is 6.22. The van der Waals surface area contributed by atoms with E-state index >= 15 is 0 Å². The van der Waals surface area contributed by atoms with Crippen molar-refractivity contribution in [2.24, 2.45) is 13.0 Å². The number of nitrogens with zero attached hydrogens (tertiary/aromatic N) is 4. The number of rotatable bonds is 3. The van der Waals surface area contributed by atoms with Crippen molar-refractivity contribution in [3.63, 3.8) is 0 Å². The molecule has 2 heterocycles. The van der Waals surface area contributed by atoms with Gasteiger partial charge in [0.05, 0.1) is 11.6 Å². The molecule has 2 aromatic heterocycles. The SMILES string of the molecule is CCc1nn(C)c2c1nc(CCl)n2C1CCCCC1C. The van der Waals surface area contributed by atoms with Crippen LogP contribution in [0.25, 0.3) is 11.2 Å². The van der Waals surface area contributed by atoms with Crippen LogP contribution in [0.3, 0.4) is 0 Å². The molecule has 110 valence electrons. The summed E-state index contributed by atoms with van der Waals surface area (Å²) < 4.78 is 4.36. The molecule has 0 bridgehead atoms. The molecule has 5 heteroatoms. The summed E-state index contributed by atoms with van der Waals surface area (Å²) in [6, 6.07) is 0.516. The Bertz CT molecular complexity index is 613. The molecule has 2 aromatic rings. The average molecular weight is 295 g/mol. The van der Waals surface area contributed by atoms with Crippen LogP contribution in [-0.4, -0.2) is 19.3 Å². The number of hydrogen-bond acceptors (Lipinski definition) is 2. The fourth-order valence-electron chi connectivity index (χ4n) is 3.61. The van der Waals surface area contributed by atoms with E-state index in [1.54, 1.807) is 0 Å². The maximum atomic E-state index is 6.16. The first-order valence-corrected chi connectivity index (χ1v) is 8.19. The molecule has 20 heavy (non-hydrogen) atoms. The van der Waals surface area contributed by atoms with Crippen LogP contribution in [0.4, 0.5) is 0 Å². The summed E-state index contributed by atoms with van der Waals surface area (Å²) in [6.45, 7) is 4.48. The maximum absolute atomic E-state index is 6.16. The van der Waals surface area contributed by atoms with Gasteiger partial charge in [-0.1, -0.05) is 26.7 Å². The van der Waals surface area contributed by atoms with Gasteiger partial charge in [0.15, 0.2) is 5.65 Å². The lowest BCUT2D eigenvalue weighted by molar-refractivity contribution is 0.256. The lowest BCUT2D eigenvalue weighted by Crippen LogP contribution is -2.23. The van der Waals surface area contributed by atoms with E-state index in [9.17, 15) is 0 Å². The Balaban J connectivity index is 2.19. The fraction of sp³-hybridized carbons (Fsp3) is 0.733. The lowest BCUT2D eigenvalue weighted by atomic mass is 9.85. The second-order valence-electron chi connectivity index (χ2n) is 5.96. The molecule has 1 saturated carbocycles. The first kappa shape index (κ1) is 13.9. The highest BCUT2D eigenvalue weighted by atomic mass is 35.5. The Kier molecular flexibility index (Phi) is 3.76. The molecule has 0 aliphatic heterocycles. The monoisotopic (exact) mass is 294 g/mol. The highest BCUT2D eigenvalue weighted by Crippen LogP contribution is 2.37. The number of aromatic nitrogens is 4. The van der Waals surface area contributed by atoms with E-state index in [2.05, 4.69) is 23.5 Å². The first-order chi connectivity index (χ1) is 9.67. The van der Waals surface area contributed by atoms with E-state index in [1.165, 1.54) is 25.7 Å². The van der Waals surface area contributed by atoms with E-state index in [4.69, 9.17) is 16.6 Å². The molecule has 0 N–H and O–H groups in total. The van der Waals surface area contributed by atoms with Crippen molar-refractivity contribution in [3.8, 4) is 0 Å². The van der Waals surface area contributed by atoms with Crippen LogP contribution in [0.2, 0.25) is 0 Å². The van der Waals surface area contributed by atoms with E-state index < -0.39 is 0 Å². The Morgan fingerprint density at radius 1 is 1.30 bits per heavy atom. The van der Waals surface area contributed by atoms with Crippen LogP contribution in [0.15, 0.2) is 0 Å². The molecule has 1 aliphatic carbocycles. The van der Waals surface area contributed by atoms with Crippen LogP contribution >= 0.6 is 11.6 Å². The van der Waals surface area contributed by atoms with Crippen LogP contribution < -0.4 is 0 Å². The summed E-state index contributed by atoms with van der Waals surface area (Å²) in [6.07, 6.45) is 6.08. The lowest BCUT2D eigenvalue weighted by Gasteiger charge is -2.31. The van der Waals surface area contributed by atoms with Crippen molar-refractivity contribution < 1.29 is 0 Å². The van der Waals surface area contributed by atoms with E-state index in [0.717, 1.165) is 29.1 Å². The van der Waals surface area contributed by atoms with Gasteiger partial charge in [0, 0.05) is 13.1 Å². The van der Waals surface area contributed by atoms with E-state index in [0.29, 0.717) is 17.8 Å². The molecular weight excluding hydrogens is 272 g/mol. The highest BCUT2D eigenvalue weighted by molar-refractivity contribution is 6.16. The first-order valence-electron chi connectivity index (χ1n) is 7.66. The standard InChI is InChI=1S/C15H23ClN4/c1-4-11-14-15(19(3)18-11)20(13(9-16)17-14)12-8-6-5-7-10(12)2/h10,12H,4-9H2,1-3H3. The van der Waals surface area contributed by atoms with Crippen molar-refractivity contribution in [1.82, 2.24) is 19.3 Å². The van der Waals surface area contributed by atoms with Gasteiger partial charge in [-0.2, -0.15) is 5.10 Å². The van der Waals surface area contributed by atoms with Crippen molar-refractivity contribution in [3.05, 3.63) is 11.5 Å². The molecule has 0 saturated heterocycles. The van der Waals surface area contributed by atoms with Gasteiger partial charge in [0.25, 0.3) is 0 Å². The van der Waals surface area contributed by atoms with E-state index in [-0.39, 0.29) is 0 Å². The van der Waals surface area contributed by atoms with Crippen molar-refractivity contribution in [2.75, 3.05) is 0 Å². The summed E-state index contributed by atoms with van der Waals surface area (Å²) >= 11 is 6.16. The van der Waals surface area contributed by atoms with Crippen LogP contribution in [0.5, 0.6) is 0 Å². The summed E-state index contributed by atoms with van der Waals surface area (Å²) in [7, 11) is 2.02. The third kappa shape index (κ3) is 2.05. The molecule has 0 amide bonds. The number of hydrogen-bond donors (Lipinski definition) is 0. The second kappa shape index (κ2) is 5.40. The Hall–Kier alpha value is -1.03.